The minimum atomic E-state index is -0.190. The van der Waals surface area contributed by atoms with E-state index in [0.29, 0.717) is 18.8 Å². The van der Waals surface area contributed by atoms with Gasteiger partial charge in [0, 0.05) is 24.7 Å². The monoisotopic (exact) mass is 264 g/mol. The van der Waals surface area contributed by atoms with Gasteiger partial charge in [-0.2, -0.15) is 5.10 Å². The normalized spacial score (nSPS) is 16.3. The number of H-pyrrole nitrogens is 1. The van der Waals surface area contributed by atoms with Crippen molar-refractivity contribution in [2.24, 2.45) is 0 Å². The van der Waals surface area contributed by atoms with E-state index in [9.17, 15) is 9.59 Å². The van der Waals surface area contributed by atoms with E-state index >= 15 is 0 Å². The van der Waals surface area contributed by atoms with Crippen LogP contribution in [0, 0.1) is 0 Å². The van der Waals surface area contributed by atoms with Crippen molar-refractivity contribution in [3.05, 3.63) is 11.8 Å². The van der Waals surface area contributed by atoms with Crippen LogP contribution in [0.4, 0.5) is 5.82 Å². The van der Waals surface area contributed by atoms with Gasteiger partial charge in [0.1, 0.15) is 0 Å². The third-order valence-electron chi connectivity index (χ3n) is 3.29. The van der Waals surface area contributed by atoms with Crippen LogP contribution in [0.2, 0.25) is 0 Å². The molecule has 1 aromatic heterocycles. The van der Waals surface area contributed by atoms with Gasteiger partial charge in [0.05, 0.1) is 6.54 Å². The molecule has 2 heterocycles. The van der Waals surface area contributed by atoms with E-state index in [4.69, 9.17) is 0 Å². The third kappa shape index (κ3) is 3.81. The first kappa shape index (κ1) is 13.6. The molecular formula is C13H20N4O2. The minimum absolute atomic E-state index is 0.0731. The lowest BCUT2D eigenvalue weighted by Crippen LogP contribution is -2.37. The van der Waals surface area contributed by atoms with E-state index in [0.717, 1.165) is 31.4 Å². The number of nitrogens with one attached hydrogen (secondary N) is 2. The van der Waals surface area contributed by atoms with Gasteiger partial charge in [0.15, 0.2) is 5.82 Å². The molecule has 1 aliphatic rings. The summed E-state index contributed by atoms with van der Waals surface area (Å²) in [5.74, 6) is 0.400. The molecule has 1 fully saturated rings. The summed E-state index contributed by atoms with van der Waals surface area (Å²) < 4.78 is 0. The summed E-state index contributed by atoms with van der Waals surface area (Å²) in [6.07, 6.45) is 4.35. The molecule has 0 unspecified atom stereocenters. The Labute approximate surface area is 112 Å². The first-order valence-electron chi connectivity index (χ1n) is 6.81. The standard InChI is InChI=1S/C13H20N4O2/c1-2-10-8-11(16-15-10)14-12(18)9-17-7-5-3-4-6-13(17)19/h8H,2-7,9H2,1H3,(H2,14,15,16,18). The highest BCUT2D eigenvalue weighted by Crippen LogP contribution is 2.11. The highest BCUT2D eigenvalue weighted by Gasteiger charge is 2.19. The van der Waals surface area contributed by atoms with Crippen molar-refractivity contribution in [1.29, 1.82) is 0 Å². The van der Waals surface area contributed by atoms with Gasteiger partial charge in [-0.15, -0.1) is 0 Å². The van der Waals surface area contributed by atoms with Crippen molar-refractivity contribution in [3.63, 3.8) is 0 Å². The third-order valence-corrected chi connectivity index (χ3v) is 3.29. The summed E-state index contributed by atoms with van der Waals surface area (Å²) in [4.78, 5) is 25.3. The molecule has 19 heavy (non-hydrogen) atoms. The first-order chi connectivity index (χ1) is 9.19. The van der Waals surface area contributed by atoms with Gasteiger partial charge in [-0.05, 0) is 19.3 Å². The molecular weight excluding hydrogens is 244 g/mol. The van der Waals surface area contributed by atoms with Crippen LogP contribution in [0.15, 0.2) is 6.07 Å². The van der Waals surface area contributed by atoms with Crippen molar-refractivity contribution in [2.45, 2.75) is 39.0 Å². The second kappa shape index (κ2) is 6.36. The molecule has 0 spiro atoms. The molecule has 1 aliphatic heterocycles. The number of carbonyl (C=O) groups excluding carboxylic acids is 2. The Kier molecular flexibility index (Phi) is 4.54. The number of likely N-dealkylation sites (tertiary alicyclic amines) is 1. The summed E-state index contributed by atoms with van der Waals surface area (Å²) in [6, 6.07) is 1.81. The average molecular weight is 264 g/mol. The Hall–Kier alpha value is -1.85. The highest BCUT2D eigenvalue weighted by atomic mass is 16.2. The lowest BCUT2D eigenvalue weighted by atomic mass is 10.2. The Morgan fingerprint density at radius 2 is 2.32 bits per heavy atom. The molecule has 6 heteroatoms. The van der Waals surface area contributed by atoms with Gasteiger partial charge in [0.2, 0.25) is 11.8 Å². The number of aromatic amines is 1. The molecule has 2 N–H and O–H groups in total. The lowest BCUT2D eigenvalue weighted by Gasteiger charge is -2.19. The van der Waals surface area contributed by atoms with Gasteiger partial charge in [-0.25, -0.2) is 0 Å². The van der Waals surface area contributed by atoms with E-state index in [1.54, 1.807) is 4.90 Å². The smallest absolute Gasteiger partial charge is 0.245 e. The van der Waals surface area contributed by atoms with Crippen molar-refractivity contribution in [3.8, 4) is 0 Å². The van der Waals surface area contributed by atoms with Crippen LogP contribution in [0.3, 0.4) is 0 Å². The van der Waals surface area contributed by atoms with Crippen molar-refractivity contribution >= 4 is 17.6 Å². The molecule has 2 rings (SSSR count). The summed E-state index contributed by atoms with van der Waals surface area (Å²) in [5.41, 5.74) is 0.973. The second-order valence-electron chi connectivity index (χ2n) is 4.81. The number of hydrogen-bond donors (Lipinski definition) is 2. The summed E-state index contributed by atoms with van der Waals surface area (Å²) in [5, 5.41) is 9.54. The molecule has 0 bridgehead atoms. The first-order valence-corrected chi connectivity index (χ1v) is 6.81. The number of aromatic nitrogens is 2. The summed E-state index contributed by atoms with van der Waals surface area (Å²) in [7, 11) is 0. The zero-order chi connectivity index (χ0) is 13.7. The molecule has 0 atom stereocenters. The Bertz CT molecular complexity index is 455. The number of carbonyl (C=O) groups is 2. The van der Waals surface area contributed by atoms with Crippen molar-refractivity contribution in [2.75, 3.05) is 18.4 Å². The van der Waals surface area contributed by atoms with Crippen LogP contribution in [0.25, 0.3) is 0 Å². The fraction of sp³-hybridized carbons (Fsp3) is 0.615. The zero-order valence-electron chi connectivity index (χ0n) is 11.2. The number of rotatable bonds is 4. The van der Waals surface area contributed by atoms with Crippen molar-refractivity contribution < 1.29 is 9.59 Å². The predicted octanol–water partition coefficient (Wildman–Crippen LogP) is 1.31. The quantitative estimate of drug-likeness (QED) is 0.860. The number of anilines is 1. The van der Waals surface area contributed by atoms with Crippen LogP contribution >= 0.6 is 0 Å². The molecule has 1 aromatic rings. The fourth-order valence-electron chi connectivity index (χ4n) is 2.17. The fourth-order valence-corrected chi connectivity index (χ4v) is 2.17. The van der Waals surface area contributed by atoms with E-state index in [-0.39, 0.29) is 18.4 Å². The Balaban J connectivity index is 1.87. The molecule has 0 aromatic carbocycles. The maximum atomic E-state index is 11.9. The number of amides is 2. The van der Waals surface area contributed by atoms with Crippen LogP contribution in [-0.4, -0.2) is 40.0 Å². The predicted molar refractivity (Wildman–Crippen MR) is 71.6 cm³/mol. The molecule has 0 saturated carbocycles. The summed E-state index contributed by atoms with van der Waals surface area (Å²) >= 11 is 0. The van der Waals surface area contributed by atoms with E-state index < -0.39 is 0 Å². The van der Waals surface area contributed by atoms with Gasteiger partial charge >= 0.3 is 0 Å². The molecule has 0 radical (unpaired) electrons. The van der Waals surface area contributed by atoms with Crippen LogP contribution in [0.1, 0.15) is 38.3 Å². The number of nitrogens with zero attached hydrogens (tertiary/aromatic N) is 2. The van der Waals surface area contributed by atoms with Gasteiger partial charge in [0.25, 0.3) is 0 Å². The minimum Gasteiger partial charge on any atom is -0.333 e. The van der Waals surface area contributed by atoms with Crippen molar-refractivity contribution in [1.82, 2.24) is 15.1 Å². The molecule has 2 amide bonds. The number of hydrogen-bond acceptors (Lipinski definition) is 3. The molecule has 104 valence electrons. The van der Waals surface area contributed by atoms with E-state index in [1.807, 2.05) is 13.0 Å². The Morgan fingerprint density at radius 3 is 3.05 bits per heavy atom. The van der Waals surface area contributed by atoms with Crippen LogP contribution in [-0.2, 0) is 16.0 Å². The van der Waals surface area contributed by atoms with E-state index in [2.05, 4.69) is 15.5 Å². The topological polar surface area (TPSA) is 78.1 Å². The summed E-state index contributed by atoms with van der Waals surface area (Å²) in [6.45, 7) is 2.80. The largest absolute Gasteiger partial charge is 0.333 e. The number of aryl methyl sites for hydroxylation is 1. The van der Waals surface area contributed by atoms with Gasteiger partial charge in [-0.1, -0.05) is 13.3 Å². The molecule has 6 nitrogen and oxygen atoms in total. The SMILES string of the molecule is CCc1cc(NC(=O)CN2CCCCCC2=O)n[nH]1. The van der Waals surface area contributed by atoms with Crippen LogP contribution in [0.5, 0.6) is 0 Å². The lowest BCUT2D eigenvalue weighted by molar-refractivity contribution is -0.134. The zero-order valence-corrected chi connectivity index (χ0v) is 11.2. The Morgan fingerprint density at radius 1 is 1.47 bits per heavy atom. The maximum absolute atomic E-state index is 11.9. The maximum Gasteiger partial charge on any atom is 0.245 e. The van der Waals surface area contributed by atoms with Crippen LogP contribution < -0.4 is 5.32 Å². The highest BCUT2D eigenvalue weighted by molar-refractivity contribution is 5.93. The van der Waals surface area contributed by atoms with Gasteiger partial charge < -0.3 is 10.2 Å². The van der Waals surface area contributed by atoms with Gasteiger partial charge in [-0.3, -0.25) is 14.7 Å². The molecule has 0 aliphatic carbocycles. The second-order valence-corrected chi connectivity index (χ2v) is 4.81. The molecule has 1 saturated heterocycles. The average Bonchev–Trinajstić information content (AvgIpc) is 2.74. The van der Waals surface area contributed by atoms with E-state index in [1.165, 1.54) is 0 Å².